The number of nitrogens with zero attached hydrogens (tertiary/aromatic N) is 2. The van der Waals surface area contributed by atoms with Crippen molar-refractivity contribution in [3.8, 4) is 0 Å². The Labute approximate surface area is 112 Å². The van der Waals surface area contributed by atoms with Crippen molar-refractivity contribution >= 4 is 26.3 Å². The number of nitrogens with one attached hydrogen (secondary N) is 1. The van der Waals surface area contributed by atoms with Gasteiger partial charge in [-0.1, -0.05) is 11.3 Å². The fourth-order valence-electron chi connectivity index (χ4n) is 1.19. The molecule has 8 heteroatoms. The minimum Gasteiger partial charge on any atom is -0.385 e. The maximum Gasteiger partial charge on any atom is 0.234 e. The van der Waals surface area contributed by atoms with Crippen LogP contribution in [0.4, 0.5) is 5.13 Å². The van der Waals surface area contributed by atoms with Gasteiger partial charge < -0.3 is 10.1 Å². The van der Waals surface area contributed by atoms with Crippen molar-refractivity contribution in [1.82, 2.24) is 10.2 Å². The van der Waals surface area contributed by atoms with E-state index in [0.29, 0.717) is 18.2 Å². The minimum absolute atomic E-state index is 0.0327. The van der Waals surface area contributed by atoms with Gasteiger partial charge in [-0.2, -0.15) is 0 Å². The Bertz CT molecular complexity index is 477. The average molecular weight is 293 g/mol. The molecule has 1 heterocycles. The van der Waals surface area contributed by atoms with Crippen molar-refractivity contribution in [3.63, 3.8) is 0 Å². The van der Waals surface area contributed by atoms with Crippen molar-refractivity contribution in [3.05, 3.63) is 0 Å². The molecule has 1 aromatic rings. The van der Waals surface area contributed by atoms with Crippen LogP contribution in [0.25, 0.3) is 0 Å². The van der Waals surface area contributed by atoms with Gasteiger partial charge in [0.25, 0.3) is 0 Å². The molecular formula is C10H19N3O3S2. The third kappa shape index (κ3) is 4.87. The van der Waals surface area contributed by atoms with Crippen LogP contribution < -0.4 is 5.32 Å². The first-order chi connectivity index (χ1) is 8.24. The standard InChI is InChI=1S/C10H19N3O3S2/c1-10(2,3)11-8-12-13-9(17-8)18(14,15)7-5-6-16-4/h5-7H2,1-4H3,(H,11,12). The number of methoxy groups -OCH3 is 1. The number of hydrogen-bond acceptors (Lipinski definition) is 7. The predicted molar refractivity (Wildman–Crippen MR) is 71.8 cm³/mol. The van der Waals surface area contributed by atoms with E-state index in [1.54, 1.807) is 7.11 Å². The van der Waals surface area contributed by atoms with Crippen molar-refractivity contribution in [1.29, 1.82) is 0 Å². The molecule has 1 N–H and O–H groups in total. The van der Waals surface area contributed by atoms with Crippen LogP contribution in [0.1, 0.15) is 27.2 Å². The SMILES string of the molecule is COCCCS(=O)(=O)c1nnc(NC(C)(C)C)s1. The van der Waals surface area contributed by atoms with Crippen LogP contribution in [0.2, 0.25) is 0 Å². The van der Waals surface area contributed by atoms with E-state index >= 15 is 0 Å². The molecule has 0 amide bonds. The van der Waals surface area contributed by atoms with Gasteiger partial charge in [-0.15, -0.1) is 10.2 Å². The fourth-order valence-corrected chi connectivity index (χ4v) is 3.71. The molecule has 0 saturated carbocycles. The summed E-state index contributed by atoms with van der Waals surface area (Å²) in [6.07, 6.45) is 0.459. The first kappa shape index (κ1) is 15.3. The monoisotopic (exact) mass is 293 g/mol. The van der Waals surface area contributed by atoms with Crippen LogP contribution in [0.3, 0.4) is 0 Å². The Morgan fingerprint density at radius 1 is 1.33 bits per heavy atom. The van der Waals surface area contributed by atoms with Gasteiger partial charge in [-0.05, 0) is 27.2 Å². The van der Waals surface area contributed by atoms with Crippen molar-refractivity contribution in [2.24, 2.45) is 0 Å². The molecule has 0 aliphatic rings. The summed E-state index contributed by atoms with van der Waals surface area (Å²) >= 11 is 1.06. The van der Waals surface area contributed by atoms with E-state index in [1.807, 2.05) is 20.8 Å². The smallest absolute Gasteiger partial charge is 0.234 e. The molecule has 0 bridgehead atoms. The Balaban J connectivity index is 2.72. The summed E-state index contributed by atoms with van der Waals surface area (Å²) in [5.41, 5.74) is -0.170. The molecule has 104 valence electrons. The largest absolute Gasteiger partial charge is 0.385 e. The number of anilines is 1. The highest BCUT2D eigenvalue weighted by Crippen LogP contribution is 2.23. The third-order valence-corrected chi connectivity index (χ3v) is 5.00. The molecule has 0 saturated heterocycles. The van der Waals surface area contributed by atoms with Gasteiger partial charge in [-0.25, -0.2) is 8.42 Å². The van der Waals surface area contributed by atoms with Crippen LogP contribution in [0, 0.1) is 0 Å². The zero-order valence-corrected chi connectivity index (χ0v) is 12.7. The summed E-state index contributed by atoms with van der Waals surface area (Å²) in [6.45, 7) is 6.34. The summed E-state index contributed by atoms with van der Waals surface area (Å²) in [7, 11) is -1.80. The second-order valence-corrected chi connectivity index (χ2v) is 8.17. The first-order valence-corrected chi connectivity index (χ1v) is 8.05. The van der Waals surface area contributed by atoms with E-state index in [2.05, 4.69) is 15.5 Å². The third-order valence-electron chi connectivity index (χ3n) is 1.92. The van der Waals surface area contributed by atoms with E-state index < -0.39 is 9.84 Å². The van der Waals surface area contributed by atoms with Gasteiger partial charge in [0.1, 0.15) is 0 Å². The molecule has 0 unspecified atom stereocenters. The Kier molecular flexibility index (Phi) is 5.06. The van der Waals surface area contributed by atoms with Crippen LogP contribution in [-0.4, -0.2) is 43.6 Å². The molecule has 0 aliphatic carbocycles. The van der Waals surface area contributed by atoms with E-state index in [-0.39, 0.29) is 15.6 Å². The lowest BCUT2D eigenvalue weighted by atomic mass is 10.1. The molecule has 0 spiro atoms. The molecule has 0 radical (unpaired) electrons. The van der Waals surface area contributed by atoms with Gasteiger partial charge in [0, 0.05) is 19.3 Å². The molecule has 18 heavy (non-hydrogen) atoms. The number of sulfone groups is 1. The van der Waals surface area contributed by atoms with E-state index in [9.17, 15) is 8.42 Å². The molecular weight excluding hydrogens is 274 g/mol. The summed E-state index contributed by atoms with van der Waals surface area (Å²) in [5, 5.41) is 11.2. The van der Waals surface area contributed by atoms with Crippen molar-refractivity contribution in [2.45, 2.75) is 37.1 Å². The van der Waals surface area contributed by atoms with E-state index in [4.69, 9.17) is 4.74 Å². The quantitative estimate of drug-likeness (QED) is 0.802. The molecule has 0 aliphatic heterocycles. The lowest BCUT2D eigenvalue weighted by Gasteiger charge is -2.18. The van der Waals surface area contributed by atoms with Crippen LogP contribution in [0.5, 0.6) is 0 Å². The van der Waals surface area contributed by atoms with Crippen molar-refractivity contribution in [2.75, 3.05) is 24.8 Å². The summed E-state index contributed by atoms with van der Waals surface area (Å²) in [5.74, 6) is 0.0327. The lowest BCUT2D eigenvalue weighted by Crippen LogP contribution is -2.25. The van der Waals surface area contributed by atoms with Crippen LogP contribution in [0.15, 0.2) is 4.34 Å². The highest BCUT2D eigenvalue weighted by molar-refractivity contribution is 7.93. The minimum atomic E-state index is -3.34. The van der Waals surface area contributed by atoms with Gasteiger partial charge >= 0.3 is 0 Å². The molecule has 6 nitrogen and oxygen atoms in total. The number of hydrogen-bond donors (Lipinski definition) is 1. The topological polar surface area (TPSA) is 81.2 Å². The first-order valence-electron chi connectivity index (χ1n) is 5.58. The Morgan fingerprint density at radius 3 is 2.56 bits per heavy atom. The second kappa shape index (κ2) is 5.94. The maximum atomic E-state index is 11.9. The molecule has 0 aromatic carbocycles. The number of ether oxygens (including phenoxy) is 1. The van der Waals surface area contributed by atoms with Gasteiger partial charge in [0.05, 0.1) is 5.75 Å². The summed E-state index contributed by atoms with van der Waals surface area (Å²) < 4.78 is 28.7. The normalized spacial score (nSPS) is 12.7. The van der Waals surface area contributed by atoms with Crippen LogP contribution >= 0.6 is 11.3 Å². The lowest BCUT2D eigenvalue weighted by molar-refractivity contribution is 0.199. The summed E-state index contributed by atoms with van der Waals surface area (Å²) in [4.78, 5) is 0. The van der Waals surface area contributed by atoms with E-state index in [0.717, 1.165) is 11.3 Å². The Hall–Kier alpha value is -0.730. The van der Waals surface area contributed by atoms with Crippen molar-refractivity contribution < 1.29 is 13.2 Å². The molecule has 0 fully saturated rings. The molecule has 1 rings (SSSR count). The Morgan fingerprint density at radius 2 is 2.00 bits per heavy atom. The highest BCUT2D eigenvalue weighted by atomic mass is 32.2. The zero-order valence-electron chi connectivity index (χ0n) is 11.1. The van der Waals surface area contributed by atoms with Gasteiger partial charge in [0.15, 0.2) is 0 Å². The second-order valence-electron chi connectivity index (χ2n) is 4.91. The van der Waals surface area contributed by atoms with Gasteiger partial charge in [0.2, 0.25) is 19.3 Å². The summed E-state index contributed by atoms with van der Waals surface area (Å²) in [6, 6.07) is 0. The predicted octanol–water partition coefficient (Wildman–Crippen LogP) is 1.56. The van der Waals surface area contributed by atoms with Crippen LogP contribution in [-0.2, 0) is 14.6 Å². The fraction of sp³-hybridized carbons (Fsp3) is 0.800. The number of rotatable bonds is 6. The zero-order chi connectivity index (χ0) is 13.8. The van der Waals surface area contributed by atoms with Gasteiger partial charge in [-0.3, -0.25) is 0 Å². The molecule has 1 aromatic heterocycles. The van der Waals surface area contributed by atoms with E-state index in [1.165, 1.54) is 0 Å². The average Bonchev–Trinajstić information content (AvgIpc) is 2.64. The highest BCUT2D eigenvalue weighted by Gasteiger charge is 2.21. The number of aromatic nitrogens is 2. The molecule has 0 atom stereocenters. The maximum absolute atomic E-state index is 11.9.